The first-order chi connectivity index (χ1) is 9.24. The SMILES string of the molecule is CN(C1CCOCC1)C(C(=O)NN)c1ccccc1. The van der Waals surface area contributed by atoms with Crippen LogP contribution in [-0.2, 0) is 9.53 Å². The fourth-order valence-corrected chi connectivity index (χ4v) is 2.59. The third-order valence-electron chi connectivity index (χ3n) is 3.68. The van der Waals surface area contributed by atoms with Gasteiger partial charge < -0.3 is 4.74 Å². The number of ether oxygens (including phenoxy) is 1. The van der Waals surface area contributed by atoms with Gasteiger partial charge >= 0.3 is 0 Å². The summed E-state index contributed by atoms with van der Waals surface area (Å²) in [5, 5.41) is 0. The quantitative estimate of drug-likeness (QED) is 0.479. The molecule has 5 heteroatoms. The Morgan fingerprint density at radius 3 is 2.58 bits per heavy atom. The van der Waals surface area contributed by atoms with Crippen molar-refractivity contribution in [2.24, 2.45) is 5.84 Å². The lowest BCUT2D eigenvalue weighted by atomic mass is 10.00. The summed E-state index contributed by atoms with van der Waals surface area (Å²) in [4.78, 5) is 14.2. The Balaban J connectivity index is 2.19. The predicted octanol–water partition coefficient (Wildman–Crippen LogP) is 0.828. The van der Waals surface area contributed by atoms with Crippen LogP contribution >= 0.6 is 0 Å². The van der Waals surface area contributed by atoms with E-state index in [-0.39, 0.29) is 11.9 Å². The number of nitrogens with zero attached hydrogens (tertiary/aromatic N) is 1. The van der Waals surface area contributed by atoms with Crippen LogP contribution in [0, 0.1) is 0 Å². The zero-order valence-corrected chi connectivity index (χ0v) is 11.2. The molecule has 19 heavy (non-hydrogen) atoms. The molecule has 1 amide bonds. The van der Waals surface area contributed by atoms with Crippen molar-refractivity contribution in [1.29, 1.82) is 0 Å². The van der Waals surface area contributed by atoms with E-state index >= 15 is 0 Å². The number of hydrogen-bond acceptors (Lipinski definition) is 4. The fourth-order valence-electron chi connectivity index (χ4n) is 2.59. The third-order valence-corrected chi connectivity index (χ3v) is 3.68. The molecule has 0 spiro atoms. The lowest BCUT2D eigenvalue weighted by molar-refractivity contribution is -0.128. The van der Waals surface area contributed by atoms with Crippen LogP contribution in [0.3, 0.4) is 0 Å². The zero-order chi connectivity index (χ0) is 13.7. The number of nitrogens with one attached hydrogen (secondary N) is 1. The molecule has 1 fully saturated rings. The van der Waals surface area contributed by atoms with Gasteiger partial charge in [-0.05, 0) is 25.5 Å². The number of benzene rings is 1. The number of hydrogen-bond donors (Lipinski definition) is 2. The molecule has 104 valence electrons. The highest BCUT2D eigenvalue weighted by atomic mass is 16.5. The van der Waals surface area contributed by atoms with E-state index in [0.29, 0.717) is 6.04 Å². The summed E-state index contributed by atoms with van der Waals surface area (Å²) < 4.78 is 5.37. The summed E-state index contributed by atoms with van der Waals surface area (Å²) in [5.74, 6) is 5.15. The van der Waals surface area contributed by atoms with Gasteiger partial charge in [0, 0.05) is 19.3 Å². The summed E-state index contributed by atoms with van der Waals surface area (Å²) in [5.41, 5.74) is 3.23. The van der Waals surface area contributed by atoms with Gasteiger partial charge in [0.15, 0.2) is 0 Å². The Morgan fingerprint density at radius 2 is 2.00 bits per heavy atom. The van der Waals surface area contributed by atoms with E-state index in [1.54, 1.807) is 0 Å². The molecule has 0 saturated carbocycles. The van der Waals surface area contributed by atoms with Gasteiger partial charge in [-0.15, -0.1) is 0 Å². The largest absolute Gasteiger partial charge is 0.381 e. The van der Waals surface area contributed by atoms with E-state index < -0.39 is 0 Å². The van der Waals surface area contributed by atoms with Gasteiger partial charge in [0.1, 0.15) is 6.04 Å². The first-order valence-electron chi connectivity index (χ1n) is 6.59. The molecule has 5 nitrogen and oxygen atoms in total. The zero-order valence-electron chi connectivity index (χ0n) is 11.2. The van der Waals surface area contributed by atoms with Crippen LogP contribution in [0.1, 0.15) is 24.4 Å². The van der Waals surface area contributed by atoms with Crippen LogP contribution < -0.4 is 11.3 Å². The normalized spacial score (nSPS) is 18.3. The van der Waals surface area contributed by atoms with Gasteiger partial charge in [0.2, 0.25) is 0 Å². The van der Waals surface area contributed by atoms with Gasteiger partial charge in [-0.2, -0.15) is 0 Å². The van der Waals surface area contributed by atoms with E-state index in [0.717, 1.165) is 31.6 Å². The second-order valence-electron chi connectivity index (χ2n) is 4.83. The smallest absolute Gasteiger partial charge is 0.255 e. The molecular weight excluding hydrogens is 242 g/mol. The van der Waals surface area contributed by atoms with Crippen molar-refractivity contribution >= 4 is 5.91 Å². The molecule has 1 aromatic rings. The standard InChI is InChI=1S/C14H21N3O2/c1-17(12-7-9-19-10-8-12)13(14(18)16-15)11-5-3-2-4-6-11/h2-6,12-13H,7-10,15H2,1H3,(H,16,18). The topological polar surface area (TPSA) is 67.6 Å². The Hall–Kier alpha value is -1.43. The van der Waals surface area contributed by atoms with Crippen LogP contribution in [0.2, 0.25) is 0 Å². The minimum absolute atomic E-state index is 0.180. The lowest BCUT2D eigenvalue weighted by Crippen LogP contribution is -2.47. The summed E-state index contributed by atoms with van der Waals surface area (Å²) >= 11 is 0. The molecule has 1 heterocycles. The molecule has 0 radical (unpaired) electrons. The van der Waals surface area contributed by atoms with Gasteiger partial charge in [0.05, 0.1) is 0 Å². The molecule has 0 aromatic heterocycles. The van der Waals surface area contributed by atoms with Gasteiger partial charge in [-0.25, -0.2) is 5.84 Å². The molecule has 1 saturated heterocycles. The summed E-state index contributed by atoms with van der Waals surface area (Å²) in [6.45, 7) is 1.50. The average molecular weight is 263 g/mol. The van der Waals surface area contributed by atoms with Crippen LogP contribution in [0.15, 0.2) is 30.3 Å². The maximum absolute atomic E-state index is 12.1. The first kappa shape index (κ1) is 14.0. The predicted molar refractivity (Wildman–Crippen MR) is 73.1 cm³/mol. The number of likely N-dealkylation sites (N-methyl/N-ethyl adjacent to an activating group) is 1. The number of nitrogens with two attached hydrogens (primary N) is 1. The molecular formula is C14H21N3O2. The summed E-state index contributed by atoms with van der Waals surface area (Å²) in [6, 6.07) is 9.71. The van der Waals surface area contributed by atoms with Crippen molar-refractivity contribution < 1.29 is 9.53 Å². The van der Waals surface area contributed by atoms with Crippen LogP contribution in [0.25, 0.3) is 0 Å². The van der Waals surface area contributed by atoms with Crippen molar-refractivity contribution in [3.63, 3.8) is 0 Å². The van der Waals surface area contributed by atoms with E-state index in [4.69, 9.17) is 10.6 Å². The molecule has 1 aliphatic rings. The van der Waals surface area contributed by atoms with Crippen molar-refractivity contribution in [2.75, 3.05) is 20.3 Å². The monoisotopic (exact) mass is 263 g/mol. The number of carbonyl (C=O) groups excluding carboxylic acids is 1. The Labute approximate surface area is 113 Å². The summed E-state index contributed by atoms with van der Waals surface area (Å²) in [6.07, 6.45) is 1.88. The maximum atomic E-state index is 12.1. The van der Waals surface area contributed by atoms with E-state index in [2.05, 4.69) is 10.3 Å². The van der Waals surface area contributed by atoms with Crippen molar-refractivity contribution in [3.05, 3.63) is 35.9 Å². The molecule has 2 rings (SSSR count). The highest BCUT2D eigenvalue weighted by Gasteiger charge is 2.30. The molecule has 1 aliphatic heterocycles. The number of carbonyl (C=O) groups is 1. The van der Waals surface area contributed by atoms with Crippen LogP contribution in [0.4, 0.5) is 0 Å². The second-order valence-corrected chi connectivity index (χ2v) is 4.83. The maximum Gasteiger partial charge on any atom is 0.255 e. The van der Waals surface area contributed by atoms with Crippen LogP contribution in [0.5, 0.6) is 0 Å². The van der Waals surface area contributed by atoms with E-state index in [1.807, 2.05) is 37.4 Å². The highest BCUT2D eigenvalue weighted by molar-refractivity contribution is 5.82. The third kappa shape index (κ3) is 3.32. The molecule has 3 N–H and O–H groups in total. The van der Waals surface area contributed by atoms with Crippen molar-refractivity contribution in [1.82, 2.24) is 10.3 Å². The molecule has 1 unspecified atom stereocenters. The Morgan fingerprint density at radius 1 is 1.37 bits per heavy atom. The lowest BCUT2D eigenvalue weighted by Gasteiger charge is -2.36. The molecule has 1 aromatic carbocycles. The van der Waals surface area contributed by atoms with E-state index in [9.17, 15) is 4.79 Å². The summed E-state index contributed by atoms with van der Waals surface area (Å²) in [7, 11) is 1.98. The van der Waals surface area contributed by atoms with E-state index in [1.165, 1.54) is 0 Å². The fraction of sp³-hybridized carbons (Fsp3) is 0.500. The van der Waals surface area contributed by atoms with Crippen LogP contribution in [-0.4, -0.2) is 37.1 Å². The first-order valence-corrected chi connectivity index (χ1v) is 6.59. The Bertz CT molecular complexity index is 404. The van der Waals surface area contributed by atoms with Gasteiger partial charge in [-0.1, -0.05) is 30.3 Å². The molecule has 0 bridgehead atoms. The molecule has 0 aliphatic carbocycles. The average Bonchev–Trinajstić information content (AvgIpc) is 2.49. The minimum atomic E-state index is -0.353. The van der Waals surface area contributed by atoms with Crippen molar-refractivity contribution in [3.8, 4) is 0 Å². The van der Waals surface area contributed by atoms with Gasteiger partial charge in [-0.3, -0.25) is 15.1 Å². The number of amides is 1. The number of rotatable bonds is 4. The van der Waals surface area contributed by atoms with Crippen molar-refractivity contribution in [2.45, 2.75) is 24.9 Å². The Kier molecular flexibility index (Phi) is 4.90. The highest BCUT2D eigenvalue weighted by Crippen LogP contribution is 2.25. The minimum Gasteiger partial charge on any atom is -0.381 e. The van der Waals surface area contributed by atoms with Gasteiger partial charge in [0.25, 0.3) is 5.91 Å². The number of hydrazine groups is 1. The second kappa shape index (κ2) is 6.65. The molecule has 1 atom stereocenters.